The first-order valence-corrected chi connectivity index (χ1v) is 6.61. The average molecular weight is 291 g/mol. The van der Waals surface area contributed by atoms with E-state index >= 15 is 0 Å². The molecule has 2 aromatic rings. The number of aromatic nitrogens is 1. The Labute approximate surface area is 119 Å². The van der Waals surface area contributed by atoms with Gasteiger partial charge in [0, 0.05) is 11.4 Å². The molecule has 3 nitrogen and oxygen atoms in total. The average Bonchev–Trinajstić information content (AvgIpc) is 3.27. The molecule has 0 aliphatic heterocycles. The zero-order valence-electron chi connectivity index (χ0n) is 11.1. The number of nitriles is 1. The summed E-state index contributed by atoms with van der Waals surface area (Å²) in [4.78, 5) is 5.56. The van der Waals surface area contributed by atoms with E-state index in [2.05, 4.69) is 4.98 Å². The Morgan fingerprint density at radius 2 is 2.00 bits per heavy atom. The highest BCUT2D eigenvalue weighted by molar-refractivity contribution is 5.86. The third kappa shape index (κ3) is 2.92. The Morgan fingerprint density at radius 1 is 1.29 bits per heavy atom. The van der Waals surface area contributed by atoms with Crippen molar-refractivity contribution in [1.29, 1.82) is 5.26 Å². The Hall–Kier alpha value is -2.29. The van der Waals surface area contributed by atoms with Crippen molar-refractivity contribution in [3.05, 3.63) is 35.9 Å². The fraction of sp³-hybridized carbons (Fsp3) is 0.333. The molecule has 0 N–H and O–H groups in total. The first-order valence-electron chi connectivity index (χ1n) is 6.61. The van der Waals surface area contributed by atoms with Gasteiger partial charge in [0.25, 0.3) is 0 Å². The molecule has 0 atom stereocenters. The molecular formula is C15H12F3N3. The van der Waals surface area contributed by atoms with Crippen molar-refractivity contribution in [2.24, 2.45) is 0 Å². The molecule has 108 valence electrons. The van der Waals surface area contributed by atoms with Crippen molar-refractivity contribution >= 4 is 16.7 Å². The smallest absolute Gasteiger partial charge is 0.344 e. The first-order chi connectivity index (χ1) is 9.98. The number of alkyl halides is 3. The van der Waals surface area contributed by atoms with Crippen LogP contribution in [-0.4, -0.2) is 23.7 Å². The maximum atomic E-state index is 12.7. The second-order valence-corrected chi connectivity index (χ2v) is 5.13. The number of benzene rings is 1. The van der Waals surface area contributed by atoms with E-state index < -0.39 is 12.7 Å². The predicted octanol–water partition coefficient (Wildman–Crippen LogP) is 3.64. The highest BCUT2D eigenvalue weighted by atomic mass is 19.4. The number of anilines is 1. The van der Waals surface area contributed by atoms with Crippen molar-refractivity contribution in [3.63, 3.8) is 0 Å². The zero-order chi connectivity index (χ0) is 15.0. The minimum Gasteiger partial charge on any atom is -0.344 e. The summed E-state index contributed by atoms with van der Waals surface area (Å²) in [6.07, 6.45) is -2.83. The van der Waals surface area contributed by atoms with Crippen LogP contribution in [0.5, 0.6) is 0 Å². The van der Waals surface area contributed by atoms with E-state index in [1.807, 2.05) is 6.07 Å². The van der Waals surface area contributed by atoms with E-state index in [1.165, 1.54) is 11.0 Å². The number of para-hydroxylation sites is 1. The van der Waals surface area contributed by atoms with Crippen LogP contribution >= 0.6 is 0 Å². The van der Waals surface area contributed by atoms with Crippen LogP contribution in [0.4, 0.5) is 19.0 Å². The van der Waals surface area contributed by atoms with Gasteiger partial charge in [-0.25, -0.2) is 4.98 Å². The standard InChI is InChI=1S/C15H12F3N3/c16-15(17,18)9-21(11-5-6-11)14-7-10(8-19)12-3-1-2-4-13(12)20-14/h1-4,7,11H,5-6,9H2. The number of halogens is 3. The molecule has 21 heavy (non-hydrogen) atoms. The van der Waals surface area contributed by atoms with Crippen LogP contribution in [0.3, 0.4) is 0 Å². The molecule has 1 saturated carbocycles. The zero-order valence-corrected chi connectivity index (χ0v) is 11.1. The van der Waals surface area contributed by atoms with Gasteiger partial charge in [0.15, 0.2) is 0 Å². The lowest BCUT2D eigenvalue weighted by Gasteiger charge is -2.25. The van der Waals surface area contributed by atoms with Gasteiger partial charge < -0.3 is 4.90 Å². The summed E-state index contributed by atoms with van der Waals surface area (Å²) in [6, 6.07) is 10.3. The van der Waals surface area contributed by atoms with Gasteiger partial charge in [0.1, 0.15) is 12.4 Å². The van der Waals surface area contributed by atoms with E-state index in [-0.39, 0.29) is 11.9 Å². The third-order valence-electron chi connectivity index (χ3n) is 3.45. The minimum absolute atomic E-state index is 0.133. The van der Waals surface area contributed by atoms with E-state index in [0.29, 0.717) is 16.5 Å². The van der Waals surface area contributed by atoms with Crippen molar-refractivity contribution in [3.8, 4) is 6.07 Å². The molecule has 1 heterocycles. The number of pyridine rings is 1. The summed E-state index contributed by atoms with van der Waals surface area (Å²) >= 11 is 0. The highest BCUT2D eigenvalue weighted by Gasteiger charge is 2.39. The summed E-state index contributed by atoms with van der Waals surface area (Å²) in [6.45, 7) is -1.03. The third-order valence-corrected chi connectivity index (χ3v) is 3.45. The fourth-order valence-corrected chi connectivity index (χ4v) is 2.38. The number of rotatable bonds is 3. The molecule has 1 aliphatic rings. The number of hydrogen-bond donors (Lipinski definition) is 0. The van der Waals surface area contributed by atoms with Crippen LogP contribution in [0.15, 0.2) is 30.3 Å². The molecule has 0 saturated heterocycles. The summed E-state index contributed by atoms with van der Waals surface area (Å²) in [5.74, 6) is 0.227. The summed E-state index contributed by atoms with van der Waals surface area (Å²) < 4.78 is 38.2. The number of fused-ring (bicyclic) bond motifs is 1. The topological polar surface area (TPSA) is 39.9 Å². The number of nitrogens with zero attached hydrogens (tertiary/aromatic N) is 3. The maximum absolute atomic E-state index is 12.7. The normalized spacial score (nSPS) is 15.0. The molecule has 1 aliphatic carbocycles. The molecule has 6 heteroatoms. The van der Waals surface area contributed by atoms with Crippen molar-refractivity contribution < 1.29 is 13.2 Å². The number of hydrogen-bond acceptors (Lipinski definition) is 3. The lowest BCUT2D eigenvalue weighted by molar-refractivity contribution is -0.120. The van der Waals surface area contributed by atoms with Gasteiger partial charge in [0.2, 0.25) is 0 Å². The molecule has 1 aromatic heterocycles. The van der Waals surface area contributed by atoms with Crippen LogP contribution in [0.25, 0.3) is 10.9 Å². The van der Waals surface area contributed by atoms with Gasteiger partial charge in [0.05, 0.1) is 17.1 Å². The lowest BCUT2D eigenvalue weighted by atomic mass is 10.1. The van der Waals surface area contributed by atoms with Crippen molar-refractivity contribution in [2.75, 3.05) is 11.4 Å². The van der Waals surface area contributed by atoms with E-state index in [9.17, 15) is 18.4 Å². The highest BCUT2D eigenvalue weighted by Crippen LogP contribution is 2.35. The molecular weight excluding hydrogens is 279 g/mol. The molecule has 3 rings (SSSR count). The van der Waals surface area contributed by atoms with Crippen molar-refractivity contribution in [2.45, 2.75) is 25.1 Å². The fourth-order valence-electron chi connectivity index (χ4n) is 2.38. The SMILES string of the molecule is N#Cc1cc(N(CC(F)(F)F)C2CC2)nc2ccccc12. The molecule has 0 radical (unpaired) electrons. The summed E-state index contributed by atoms with van der Waals surface area (Å²) in [5, 5.41) is 9.87. The van der Waals surface area contributed by atoms with Gasteiger partial charge in [-0.2, -0.15) is 18.4 Å². The van der Waals surface area contributed by atoms with E-state index in [4.69, 9.17) is 0 Å². The van der Waals surface area contributed by atoms with Gasteiger partial charge in [-0.3, -0.25) is 0 Å². The largest absolute Gasteiger partial charge is 0.405 e. The lowest BCUT2D eigenvalue weighted by Crippen LogP contribution is -2.36. The van der Waals surface area contributed by atoms with Gasteiger partial charge in [-0.15, -0.1) is 0 Å². The molecule has 0 spiro atoms. The summed E-state index contributed by atoms with van der Waals surface area (Å²) in [7, 11) is 0. The van der Waals surface area contributed by atoms with Crippen LogP contribution in [0.2, 0.25) is 0 Å². The maximum Gasteiger partial charge on any atom is 0.405 e. The van der Waals surface area contributed by atoms with Gasteiger partial charge in [-0.05, 0) is 25.0 Å². The van der Waals surface area contributed by atoms with Crippen molar-refractivity contribution in [1.82, 2.24) is 4.98 Å². The molecule has 0 unspecified atom stereocenters. The second-order valence-electron chi connectivity index (χ2n) is 5.13. The van der Waals surface area contributed by atoms with E-state index in [0.717, 1.165) is 12.8 Å². The minimum atomic E-state index is -4.29. The van der Waals surface area contributed by atoms with Gasteiger partial charge in [-0.1, -0.05) is 18.2 Å². The van der Waals surface area contributed by atoms with Gasteiger partial charge >= 0.3 is 6.18 Å². The first kappa shape index (κ1) is 13.7. The van der Waals surface area contributed by atoms with Crippen LogP contribution in [-0.2, 0) is 0 Å². The quantitative estimate of drug-likeness (QED) is 0.866. The van der Waals surface area contributed by atoms with Crippen LogP contribution in [0, 0.1) is 11.3 Å². The Bertz CT molecular complexity index is 714. The molecule has 0 bridgehead atoms. The Kier molecular flexibility index (Phi) is 3.20. The molecule has 0 amide bonds. The predicted molar refractivity (Wildman–Crippen MR) is 72.9 cm³/mol. The van der Waals surface area contributed by atoms with E-state index in [1.54, 1.807) is 24.3 Å². The second kappa shape index (κ2) is 4.92. The molecule has 1 aromatic carbocycles. The Balaban J connectivity index is 2.08. The molecule has 1 fully saturated rings. The van der Waals surface area contributed by atoms with Crippen LogP contribution in [0.1, 0.15) is 18.4 Å². The monoisotopic (exact) mass is 291 g/mol. The summed E-state index contributed by atoms with van der Waals surface area (Å²) in [5.41, 5.74) is 0.891. The Morgan fingerprint density at radius 3 is 2.62 bits per heavy atom. The van der Waals surface area contributed by atoms with Crippen LogP contribution < -0.4 is 4.90 Å².